The van der Waals surface area contributed by atoms with E-state index in [-0.39, 0.29) is 0 Å². The molecular weight excluding hydrogens is 266 g/mol. The highest BCUT2D eigenvalue weighted by Gasteiger charge is 2.20. The summed E-state index contributed by atoms with van der Waals surface area (Å²) in [7, 11) is 1.97. The van der Waals surface area contributed by atoms with E-state index in [9.17, 15) is 0 Å². The minimum Gasteiger partial charge on any atom is -0.354 e. The third-order valence-corrected chi connectivity index (χ3v) is 4.81. The van der Waals surface area contributed by atoms with Crippen LogP contribution in [0, 0.1) is 0 Å². The lowest BCUT2D eigenvalue weighted by atomic mass is 10.1. The fourth-order valence-corrected chi connectivity index (χ4v) is 3.77. The lowest BCUT2D eigenvalue weighted by Crippen LogP contribution is -2.37. The summed E-state index contributed by atoms with van der Waals surface area (Å²) in [6.07, 6.45) is 0. The standard InChI is InChI=1S/C16H21N3S/c1-12-11-19(7-8-20-12)16-15-6-4-3-5-13(15)9-14(18-16)10-17-2/h3-6,9,12,17H,7-8,10-11H2,1-2H3. The number of thioether (sulfide) groups is 1. The largest absolute Gasteiger partial charge is 0.354 e. The van der Waals surface area contributed by atoms with Crippen LogP contribution in [0.15, 0.2) is 30.3 Å². The minimum atomic E-state index is 0.678. The van der Waals surface area contributed by atoms with Gasteiger partial charge in [-0.2, -0.15) is 11.8 Å². The molecule has 4 heteroatoms. The average molecular weight is 287 g/mol. The molecule has 0 saturated carbocycles. The van der Waals surface area contributed by atoms with Gasteiger partial charge in [-0.05, 0) is 18.5 Å². The number of nitrogens with one attached hydrogen (secondary N) is 1. The second-order valence-corrected chi connectivity index (χ2v) is 6.86. The average Bonchev–Trinajstić information content (AvgIpc) is 2.47. The third-order valence-electron chi connectivity index (χ3n) is 3.67. The van der Waals surface area contributed by atoms with Crippen LogP contribution in [0.3, 0.4) is 0 Å². The molecule has 2 aromatic rings. The molecule has 1 saturated heterocycles. The van der Waals surface area contributed by atoms with Gasteiger partial charge in [0.15, 0.2) is 0 Å². The number of nitrogens with zero attached hydrogens (tertiary/aromatic N) is 2. The first-order valence-electron chi connectivity index (χ1n) is 7.18. The first-order chi connectivity index (χ1) is 9.78. The lowest BCUT2D eigenvalue weighted by Gasteiger charge is -2.32. The first-order valence-corrected chi connectivity index (χ1v) is 8.22. The lowest BCUT2D eigenvalue weighted by molar-refractivity contribution is 0.755. The van der Waals surface area contributed by atoms with Gasteiger partial charge in [-0.25, -0.2) is 4.98 Å². The van der Waals surface area contributed by atoms with Crippen LogP contribution in [0.25, 0.3) is 10.8 Å². The number of pyridine rings is 1. The molecule has 1 aromatic carbocycles. The molecule has 1 aliphatic heterocycles. The van der Waals surface area contributed by atoms with Gasteiger partial charge >= 0.3 is 0 Å². The van der Waals surface area contributed by atoms with E-state index in [1.54, 1.807) is 0 Å². The summed E-state index contributed by atoms with van der Waals surface area (Å²) in [4.78, 5) is 7.35. The van der Waals surface area contributed by atoms with Crippen LogP contribution >= 0.6 is 11.8 Å². The van der Waals surface area contributed by atoms with Gasteiger partial charge in [-0.1, -0.05) is 31.2 Å². The van der Waals surface area contributed by atoms with Crippen molar-refractivity contribution >= 4 is 28.4 Å². The number of rotatable bonds is 3. The molecule has 0 spiro atoms. The van der Waals surface area contributed by atoms with Gasteiger partial charge < -0.3 is 10.2 Å². The number of anilines is 1. The second-order valence-electron chi connectivity index (χ2n) is 5.32. The molecule has 0 aliphatic carbocycles. The fraction of sp³-hybridized carbons (Fsp3) is 0.438. The molecule has 1 aromatic heterocycles. The second kappa shape index (κ2) is 6.02. The summed E-state index contributed by atoms with van der Waals surface area (Å²) in [6, 6.07) is 10.8. The summed E-state index contributed by atoms with van der Waals surface area (Å²) in [6.45, 7) is 5.30. The number of hydrogen-bond donors (Lipinski definition) is 1. The van der Waals surface area contributed by atoms with Gasteiger partial charge in [0.05, 0.1) is 5.69 Å². The molecule has 1 atom stereocenters. The van der Waals surface area contributed by atoms with E-state index in [0.717, 1.165) is 31.1 Å². The molecule has 3 nitrogen and oxygen atoms in total. The van der Waals surface area contributed by atoms with Gasteiger partial charge in [-0.15, -0.1) is 0 Å². The Morgan fingerprint density at radius 2 is 2.25 bits per heavy atom. The Kier molecular flexibility index (Phi) is 4.13. The van der Waals surface area contributed by atoms with E-state index >= 15 is 0 Å². The van der Waals surface area contributed by atoms with E-state index in [1.807, 2.05) is 7.05 Å². The van der Waals surface area contributed by atoms with Crippen molar-refractivity contribution in [2.45, 2.75) is 18.7 Å². The Morgan fingerprint density at radius 3 is 3.05 bits per heavy atom. The first kappa shape index (κ1) is 13.7. The van der Waals surface area contributed by atoms with Crippen molar-refractivity contribution < 1.29 is 0 Å². The van der Waals surface area contributed by atoms with Crippen LogP contribution in [-0.2, 0) is 6.54 Å². The molecule has 0 bridgehead atoms. The fourth-order valence-electron chi connectivity index (χ4n) is 2.76. The zero-order valence-corrected chi connectivity index (χ0v) is 12.9. The van der Waals surface area contributed by atoms with Gasteiger partial charge in [0.2, 0.25) is 0 Å². The van der Waals surface area contributed by atoms with Crippen molar-refractivity contribution in [2.24, 2.45) is 0 Å². The van der Waals surface area contributed by atoms with Crippen molar-refractivity contribution in [2.75, 3.05) is 30.8 Å². The molecule has 20 heavy (non-hydrogen) atoms. The highest BCUT2D eigenvalue weighted by Crippen LogP contribution is 2.29. The molecule has 3 rings (SSSR count). The highest BCUT2D eigenvalue weighted by atomic mass is 32.2. The van der Waals surface area contributed by atoms with Crippen molar-refractivity contribution in [1.29, 1.82) is 0 Å². The summed E-state index contributed by atoms with van der Waals surface area (Å²) in [5.74, 6) is 2.34. The molecule has 1 aliphatic rings. The topological polar surface area (TPSA) is 28.2 Å². The maximum atomic E-state index is 4.90. The molecular formula is C16H21N3S. The van der Waals surface area contributed by atoms with Gasteiger partial charge in [0.1, 0.15) is 5.82 Å². The van der Waals surface area contributed by atoms with Crippen LogP contribution in [-0.4, -0.2) is 36.1 Å². The van der Waals surface area contributed by atoms with Crippen LogP contribution in [0.4, 0.5) is 5.82 Å². The van der Waals surface area contributed by atoms with Crippen LogP contribution in [0.1, 0.15) is 12.6 Å². The zero-order valence-electron chi connectivity index (χ0n) is 12.1. The van der Waals surface area contributed by atoms with E-state index in [0.29, 0.717) is 5.25 Å². The smallest absolute Gasteiger partial charge is 0.136 e. The number of hydrogen-bond acceptors (Lipinski definition) is 4. The monoisotopic (exact) mass is 287 g/mol. The Bertz CT molecular complexity index is 599. The Hall–Kier alpha value is -1.26. The number of fused-ring (bicyclic) bond motifs is 1. The van der Waals surface area contributed by atoms with Crippen molar-refractivity contribution in [3.8, 4) is 0 Å². The Balaban J connectivity index is 2.06. The molecule has 0 radical (unpaired) electrons. The van der Waals surface area contributed by atoms with Crippen molar-refractivity contribution in [1.82, 2.24) is 10.3 Å². The van der Waals surface area contributed by atoms with Gasteiger partial charge in [0, 0.05) is 36.0 Å². The summed E-state index contributed by atoms with van der Waals surface area (Å²) in [5.41, 5.74) is 1.12. The molecule has 1 N–H and O–H groups in total. The molecule has 1 unspecified atom stereocenters. The van der Waals surface area contributed by atoms with Crippen LogP contribution < -0.4 is 10.2 Å². The minimum absolute atomic E-state index is 0.678. The van der Waals surface area contributed by atoms with E-state index < -0.39 is 0 Å². The Labute approximate surface area is 124 Å². The van der Waals surface area contributed by atoms with E-state index in [1.165, 1.54) is 16.5 Å². The molecule has 1 fully saturated rings. The summed E-state index contributed by atoms with van der Waals surface area (Å²) in [5, 5.41) is 6.44. The van der Waals surface area contributed by atoms with Crippen molar-refractivity contribution in [3.05, 3.63) is 36.0 Å². The van der Waals surface area contributed by atoms with E-state index in [4.69, 9.17) is 4.98 Å². The maximum absolute atomic E-state index is 4.90. The SMILES string of the molecule is CNCc1cc2ccccc2c(N2CCSC(C)C2)n1. The molecule has 0 amide bonds. The van der Waals surface area contributed by atoms with Crippen molar-refractivity contribution in [3.63, 3.8) is 0 Å². The van der Waals surface area contributed by atoms with Gasteiger partial charge in [0.25, 0.3) is 0 Å². The molecule has 2 heterocycles. The predicted molar refractivity (Wildman–Crippen MR) is 88.6 cm³/mol. The predicted octanol–water partition coefficient (Wildman–Crippen LogP) is 2.90. The van der Waals surface area contributed by atoms with E-state index in [2.05, 4.69) is 59.2 Å². The molecule has 106 valence electrons. The Morgan fingerprint density at radius 1 is 1.40 bits per heavy atom. The third kappa shape index (κ3) is 2.76. The highest BCUT2D eigenvalue weighted by molar-refractivity contribution is 8.00. The number of benzene rings is 1. The van der Waals surface area contributed by atoms with Gasteiger partial charge in [-0.3, -0.25) is 0 Å². The summed E-state index contributed by atoms with van der Waals surface area (Å²) < 4.78 is 0. The quantitative estimate of drug-likeness (QED) is 0.939. The maximum Gasteiger partial charge on any atom is 0.136 e. The van der Waals surface area contributed by atoms with Crippen LogP contribution in [0.5, 0.6) is 0 Å². The zero-order chi connectivity index (χ0) is 13.9. The normalized spacial score (nSPS) is 19.5. The van der Waals surface area contributed by atoms with Crippen LogP contribution in [0.2, 0.25) is 0 Å². The summed E-state index contributed by atoms with van der Waals surface area (Å²) >= 11 is 2.05. The number of aromatic nitrogens is 1.